The van der Waals surface area contributed by atoms with Crippen molar-refractivity contribution in [2.75, 3.05) is 39.0 Å². The average molecular weight is 531 g/mol. The first-order valence-corrected chi connectivity index (χ1v) is 14.4. The lowest BCUT2D eigenvalue weighted by molar-refractivity contribution is 0.0815. The summed E-state index contributed by atoms with van der Waals surface area (Å²) in [6, 6.07) is 10.5. The highest BCUT2D eigenvalue weighted by atomic mass is 19.1. The quantitative estimate of drug-likeness (QED) is 0.362. The number of halogens is 1. The van der Waals surface area contributed by atoms with Crippen LogP contribution >= 0.6 is 0 Å². The molecule has 3 N–H and O–H groups in total. The number of piperazine rings is 1. The fourth-order valence-corrected chi connectivity index (χ4v) is 6.32. The molecular weight excluding hydrogens is 491 g/mol. The molecule has 2 aliphatic rings. The number of nitrogens with two attached hydrogens (primary N) is 1. The van der Waals surface area contributed by atoms with Crippen LogP contribution in [-0.4, -0.2) is 73.8 Å². The number of aromatic nitrogens is 5. The van der Waals surface area contributed by atoms with Crippen molar-refractivity contribution in [3.8, 4) is 11.3 Å². The molecule has 1 saturated heterocycles. The predicted molar refractivity (Wildman–Crippen MR) is 153 cm³/mol. The maximum Gasteiger partial charge on any atom is 0.164 e. The van der Waals surface area contributed by atoms with Gasteiger partial charge in [-0.05, 0) is 75.8 Å². The molecule has 0 atom stereocenters. The Morgan fingerprint density at radius 1 is 0.949 bits per heavy atom. The van der Waals surface area contributed by atoms with Crippen molar-refractivity contribution >= 4 is 16.9 Å². The van der Waals surface area contributed by atoms with Crippen LogP contribution in [0.5, 0.6) is 0 Å². The van der Waals surface area contributed by atoms with Gasteiger partial charge in [0.25, 0.3) is 0 Å². The van der Waals surface area contributed by atoms with Crippen molar-refractivity contribution in [3.63, 3.8) is 0 Å². The van der Waals surface area contributed by atoms with Gasteiger partial charge in [0, 0.05) is 49.2 Å². The fraction of sp³-hybridized carbons (Fsp3) is 0.500. The van der Waals surface area contributed by atoms with E-state index in [4.69, 9.17) is 10.8 Å². The molecule has 1 aliphatic carbocycles. The summed E-state index contributed by atoms with van der Waals surface area (Å²) in [6.07, 6.45) is 8.26. The Morgan fingerprint density at radius 2 is 1.69 bits per heavy atom. The molecule has 206 valence electrons. The van der Waals surface area contributed by atoms with Gasteiger partial charge >= 0.3 is 0 Å². The van der Waals surface area contributed by atoms with E-state index in [1.54, 1.807) is 6.07 Å². The van der Waals surface area contributed by atoms with Crippen LogP contribution in [-0.2, 0) is 19.3 Å². The minimum absolute atomic E-state index is 0.222. The van der Waals surface area contributed by atoms with E-state index >= 15 is 4.39 Å². The van der Waals surface area contributed by atoms with Crippen molar-refractivity contribution < 1.29 is 4.39 Å². The van der Waals surface area contributed by atoms with Crippen molar-refractivity contribution in [2.45, 2.75) is 64.0 Å². The van der Waals surface area contributed by atoms with Crippen LogP contribution in [0.15, 0.2) is 36.7 Å². The number of likely N-dealkylation sites (N-methyl/N-ethyl adjacent to an activating group) is 1. The lowest BCUT2D eigenvalue weighted by Gasteiger charge is -2.41. The molecule has 3 aromatic heterocycles. The highest BCUT2D eigenvalue weighted by Gasteiger charge is 2.30. The van der Waals surface area contributed by atoms with Gasteiger partial charge in [-0.3, -0.25) is 4.90 Å². The monoisotopic (exact) mass is 530 g/mol. The molecule has 4 heterocycles. The van der Waals surface area contributed by atoms with Gasteiger partial charge in [0.1, 0.15) is 23.7 Å². The van der Waals surface area contributed by atoms with Gasteiger partial charge in [-0.2, -0.15) is 5.10 Å². The summed E-state index contributed by atoms with van der Waals surface area (Å²) in [5.41, 5.74) is 11.5. The standard InChI is InChI=1S/C30H39FN8/c1-3-22-8-9-23(35-22)7-6-20-4-5-21(18-26(20)31)28-27-29(32)33-19-34-30(27)39(36-28)25-12-10-24(11-13-25)38-16-14-37(2)15-17-38/h4-5,8-9,18-19,24-25,35H,3,6-7,10-17H2,1-2H3,(H2,32,33,34). The molecule has 9 heteroatoms. The van der Waals surface area contributed by atoms with Gasteiger partial charge in [-0.1, -0.05) is 19.1 Å². The molecule has 1 saturated carbocycles. The Kier molecular flexibility index (Phi) is 7.36. The van der Waals surface area contributed by atoms with Crippen molar-refractivity contribution in [1.29, 1.82) is 0 Å². The summed E-state index contributed by atoms with van der Waals surface area (Å²) in [7, 11) is 2.20. The molecule has 1 aliphatic heterocycles. The zero-order chi connectivity index (χ0) is 26.9. The lowest BCUT2D eigenvalue weighted by Crippen LogP contribution is -2.49. The molecule has 0 radical (unpaired) electrons. The van der Waals surface area contributed by atoms with Crippen LogP contribution in [0, 0.1) is 5.82 Å². The Labute approximate surface area is 229 Å². The van der Waals surface area contributed by atoms with Crippen molar-refractivity contribution in [3.05, 3.63) is 59.4 Å². The van der Waals surface area contributed by atoms with Gasteiger partial charge in [-0.15, -0.1) is 0 Å². The summed E-state index contributed by atoms with van der Waals surface area (Å²) >= 11 is 0. The third kappa shape index (κ3) is 5.30. The van der Waals surface area contributed by atoms with Crippen LogP contribution < -0.4 is 5.73 Å². The van der Waals surface area contributed by atoms with E-state index in [0.717, 1.165) is 76.0 Å². The number of nitrogens with zero attached hydrogens (tertiary/aromatic N) is 6. The number of rotatable bonds is 7. The summed E-state index contributed by atoms with van der Waals surface area (Å²) in [5.74, 6) is 0.163. The summed E-state index contributed by atoms with van der Waals surface area (Å²) in [4.78, 5) is 17.3. The van der Waals surface area contributed by atoms with E-state index < -0.39 is 0 Å². The summed E-state index contributed by atoms with van der Waals surface area (Å²) < 4.78 is 17.3. The second kappa shape index (κ2) is 11.1. The zero-order valence-corrected chi connectivity index (χ0v) is 23.0. The van der Waals surface area contributed by atoms with E-state index in [-0.39, 0.29) is 11.9 Å². The third-order valence-electron chi connectivity index (χ3n) is 8.76. The number of hydrogen-bond donors (Lipinski definition) is 2. The number of anilines is 1. The molecule has 0 bridgehead atoms. The molecule has 8 nitrogen and oxygen atoms in total. The molecule has 0 amide bonds. The molecule has 0 spiro atoms. The molecule has 39 heavy (non-hydrogen) atoms. The van der Waals surface area contributed by atoms with Crippen molar-refractivity contribution in [1.82, 2.24) is 34.5 Å². The minimum Gasteiger partial charge on any atom is -0.383 e. The zero-order valence-electron chi connectivity index (χ0n) is 23.0. The van der Waals surface area contributed by atoms with E-state index in [2.05, 4.69) is 50.9 Å². The maximum atomic E-state index is 15.3. The first kappa shape index (κ1) is 26.0. The Morgan fingerprint density at radius 3 is 2.41 bits per heavy atom. The predicted octanol–water partition coefficient (Wildman–Crippen LogP) is 4.62. The van der Waals surface area contributed by atoms with E-state index in [0.29, 0.717) is 40.5 Å². The van der Waals surface area contributed by atoms with Gasteiger partial charge < -0.3 is 15.6 Å². The first-order valence-electron chi connectivity index (χ1n) is 14.4. The van der Waals surface area contributed by atoms with Crippen LogP contribution in [0.3, 0.4) is 0 Å². The second-order valence-electron chi connectivity index (χ2n) is 11.2. The highest BCUT2D eigenvalue weighted by Crippen LogP contribution is 2.37. The molecule has 1 aromatic carbocycles. The van der Waals surface area contributed by atoms with Gasteiger partial charge in [-0.25, -0.2) is 19.0 Å². The van der Waals surface area contributed by atoms with E-state index in [1.165, 1.54) is 12.0 Å². The average Bonchev–Trinajstić information content (AvgIpc) is 3.59. The van der Waals surface area contributed by atoms with E-state index in [1.807, 2.05) is 16.8 Å². The smallest absolute Gasteiger partial charge is 0.164 e. The molecule has 4 aromatic rings. The number of benzene rings is 1. The normalized spacial score (nSPS) is 21.1. The maximum absolute atomic E-state index is 15.3. The third-order valence-corrected chi connectivity index (χ3v) is 8.76. The highest BCUT2D eigenvalue weighted by molar-refractivity contribution is 5.98. The molecule has 6 rings (SSSR count). The fourth-order valence-electron chi connectivity index (χ4n) is 6.32. The van der Waals surface area contributed by atoms with Gasteiger partial charge in [0.05, 0.1) is 11.4 Å². The number of fused-ring (bicyclic) bond motifs is 1. The number of hydrogen-bond acceptors (Lipinski definition) is 6. The minimum atomic E-state index is -0.222. The van der Waals surface area contributed by atoms with Gasteiger partial charge in [0.2, 0.25) is 0 Å². The summed E-state index contributed by atoms with van der Waals surface area (Å²) in [6.45, 7) is 6.71. The Bertz CT molecular complexity index is 1430. The molecule has 0 unspecified atom stereocenters. The lowest BCUT2D eigenvalue weighted by atomic mass is 9.90. The number of aromatic amines is 1. The summed E-state index contributed by atoms with van der Waals surface area (Å²) in [5, 5.41) is 5.72. The molecule has 2 fully saturated rings. The Hall–Kier alpha value is -3.30. The molecular formula is C30H39FN8. The van der Waals surface area contributed by atoms with Crippen LogP contribution in [0.2, 0.25) is 0 Å². The van der Waals surface area contributed by atoms with E-state index in [9.17, 15) is 0 Å². The van der Waals surface area contributed by atoms with Gasteiger partial charge in [0.15, 0.2) is 5.65 Å². The number of aryl methyl sites for hydroxylation is 3. The van der Waals surface area contributed by atoms with Crippen LogP contribution in [0.25, 0.3) is 22.3 Å². The second-order valence-corrected chi connectivity index (χ2v) is 11.2. The first-order chi connectivity index (χ1) is 19.0. The SMILES string of the molecule is CCc1ccc(CCc2ccc(-c3nn(C4CCC(N5CCN(C)CC5)CC4)c4ncnc(N)c34)cc2F)[nH]1. The topological polar surface area (TPSA) is 91.9 Å². The van der Waals surface area contributed by atoms with Crippen LogP contribution in [0.4, 0.5) is 10.2 Å². The largest absolute Gasteiger partial charge is 0.383 e. The van der Waals surface area contributed by atoms with Crippen LogP contribution in [0.1, 0.15) is 55.6 Å². The number of nitrogens with one attached hydrogen (secondary N) is 1. The Balaban J connectivity index is 1.22. The number of H-pyrrole nitrogens is 1. The number of nitrogen functional groups attached to an aromatic ring is 1. The van der Waals surface area contributed by atoms with Crippen molar-refractivity contribution in [2.24, 2.45) is 0 Å².